The van der Waals surface area contributed by atoms with Crippen molar-refractivity contribution in [1.29, 1.82) is 0 Å². The zero-order valence-electron chi connectivity index (χ0n) is 31.1. The summed E-state index contributed by atoms with van der Waals surface area (Å²) < 4.78 is 6.69. The predicted octanol–water partition coefficient (Wildman–Crippen LogP) is 0.863. The number of fused-ring (bicyclic) bond motifs is 2. The molecule has 1 atom stereocenters. The monoisotopic (exact) mass is 728 g/mol. The Morgan fingerprint density at radius 3 is 1.83 bits per heavy atom. The maximum absolute atomic E-state index is 12.4. The Morgan fingerprint density at radius 1 is 0.736 bits per heavy atom. The first kappa shape index (κ1) is 40.3. The molecule has 1 aliphatic carbocycles. The Labute approximate surface area is 311 Å². The van der Waals surface area contributed by atoms with Gasteiger partial charge in [-0.05, 0) is 42.7 Å². The van der Waals surface area contributed by atoms with E-state index < -0.39 is 5.97 Å². The lowest BCUT2D eigenvalue weighted by atomic mass is 9.85. The highest BCUT2D eigenvalue weighted by Crippen LogP contribution is 2.45. The molecule has 13 nitrogen and oxygen atoms in total. The number of aromatic carboxylic acids is 1. The molecule has 0 radical (unpaired) electrons. The zero-order chi connectivity index (χ0) is 38.3. The maximum Gasteiger partial charge on any atom is 0.219 e. The Morgan fingerprint density at radius 2 is 1.28 bits per heavy atom. The van der Waals surface area contributed by atoms with Gasteiger partial charge in [-0.25, -0.2) is 0 Å². The van der Waals surface area contributed by atoms with Gasteiger partial charge in [0.05, 0.1) is 19.1 Å². The summed E-state index contributed by atoms with van der Waals surface area (Å²) in [6, 6.07) is 12.4. The average Bonchev–Trinajstić information content (AvgIpc) is 3.17. The van der Waals surface area contributed by atoms with Gasteiger partial charge in [-0.2, -0.15) is 0 Å². The van der Waals surface area contributed by atoms with Gasteiger partial charge in [-0.3, -0.25) is 19.2 Å². The van der Waals surface area contributed by atoms with Gasteiger partial charge in [0.2, 0.25) is 23.6 Å². The van der Waals surface area contributed by atoms with E-state index in [0.717, 1.165) is 11.3 Å². The molecule has 1 unspecified atom stereocenters. The number of hydrogen-bond donors (Lipinski definition) is 5. The Hall–Kier alpha value is -5.43. The highest BCUT2D eigenvalue weighted by Gasteiger charge is 2.31. The number of rotatable bonds is 20. The Balaban J connectivity index is 1.76. The normalized spacial score (nSPS) is 14.4. The number of quaternary nitrogens is 1. The third-order valence-corrected chi connectivity index (χ3v) is 9.63. The summed E-state index contributed by atoms with van der Waals surface area (Å²) >= 11 is 0. The lowest BCUT2D eigenvalue weighted by Gasteiger charge is -2.33. The van der Waals surface area contributed by atoms with Crippen LogP contribution in [0.15, 0.2) is 72.0 Å². The quantitative estimate of drug-likeness (QED) is 0.134. The summed E-state index contributed by atoms with van der Waals surface area (Å²) in [6.45, 7) is 2.50. The molecule has 0 saturated carbocycles. The van der Waals surface area contributed by atoms with Crippen molar-refractivity contribution in [2.24, 2.45) is 0 Å². The van der Waals surface area contributed by atoms with Gasteiger partial charge in [0.25, 0.3) is 0 Å². The zero-order valence-corrected chi connectivity index (χ0v) is 31.1. The highest BCUT2D eigenvalue weighted by molar-refractivity contribution is 6.00. The average molecular weight is 729 g/mol. The highest BCUT2D eigenvalue weighted by atomic mass is 16.5. The van der Waals surface area contributed by atoms with E-state index in [4.69, 9.17) is 4.74 Å². The maximum atomic E-state index is 12.4. The van der Waals surface area contributed by atoms with Crippen LogP contribution < -0.4 is 40.9 Å². The molecule has 284 valence electrons. The second-order valence-corrected chi connectivity index (χ2v) is 13.1. The van der Waals surface area contributed by atoms with Crippen molar-refractivity contribution in [2.75, 3.05) is 59.3 Å². The molecule has 2 aromatic rings. The molecule has 0 bridgehead atoms. The number of ether oxygens (including phenoxy) is 1. The van der Waals surface area contributed by atoms with Crippen molar-refractivity contribution in [2.45, 2.75) is 57.4 Å². The number of benzene rings is 2. The van der Waals surface area contributed by atoms with E-state index in [-0.39, 0.29) is 35.2 Å². The largest absolute Gasteiger partial charge is 0.545 e. The van der Waals surface area contributed by atoms with Crippen LogP contribution in [0.2, 0.25) is 0 Å². The number of carbonyl (C=O) groups excluding carboxylic acids is 5. The number of anilines is 1. The van der Waals surface area contributed by atoms with E-state index in [1.807, 2.05) is 30.4 Å². The van der Waals surface area contributed by atoms with Crippen LogP contribution >= 0.6 is 0 Å². The standard InChI is InChI=1S/C40H52N6O7/c1-41-35(47)13-7-21-45(22-8-14-36(48)42-2)27-17-19-31-33(25-27)53-34-26-28(46(23-9-15-37(49)43-3)24-10-16-38(50)44-4)18-20-32(34)39(31)29-11-5-6-12-30(29)40(51)52/h5-6,11-12,17-20,25-27H,7-10,13-16,21-24H2,1-4H3,(H,41,47)(H,42,48)(H,43,49)(H,44,50)(H,51,52). The SMILES string of the molecule is CNC(=O)CCCN(CCCC(=O)NC)c1ccc2c(c1)OC1=CC([NH+](CCCC(=O)NC)CCCC(=O)NC)C=CC1=C2c1ccccc1C(=O)[O-]. The van der Waals surface area contributed by atoms with E-state index in [0.29, 0.717) is 106 Å². The molecule has 5 N–H and O–H groups in total. The molecule has 2 aliphatic rings. The number of allylic oxidation sites excluding steroid dienone is 1. The molecule has 0 aromatic heterocycles. The summed E-state index contributed by atoms with van der Waals surface area (Å²) in [7, 11) is 6.46. The van der Waals surface area contributed by atoms with E-state index in [1.54, 1.807) is 46.4 Å². The molecule has 53 heavy (non-hydrogen) atoms. The van der Waals surface area contributed by atoms with Crippen LogP contribution in [-0.4, -0.2) is 90.0 Å². The van der Waals surface area contributed by atoms with Crippen LogP contribution in [-0.2, 0) is 19.2 Å². The predicted molar refractivity (Wildman–Crippen MR) is 201 cm³/mol. The molecule has 13 heteroatoms. The van der Waals surface area contributed by atoms with Crippen LogP contribution in [0.4, 0.5) is 5.69 Å². The van der Waals surface area contributed by atoms with Crippen LogP contribution in [0.1, 0.15) is 72.9 Å². The summed E-state index contributed by atoms with van der Waals surface area (Å²) in [5.41, 5.74) is 3.55. The Bertz CT molecular complexity index is 1710. The molecule has 1 aliphatic heterocycles. The minimum Gasteiger partial charge on any atom is -0.545 e. The van der Waals surface area contributed by atoms with Crippen molar-refractivity contribution >= 4 is 40.9 Å². The second-order valence-electron chi connectivity index (χ2n) is 13.1. The van der Waals surface area contributed by atoms with Crippen LogP contribution in [0.25, 0.3) is 5.57 Å². The van der Waals surface area contributed by atoms with Gasteiger partial charge in [0.15, 0.2) is 0 Å². The van der Waals surface area contributed by atoms with Crippen molar-refractivity contribution in [3.8, 4) is 5.75 Å². The van der Waals surface area contributed by atoms with Gasteiger partial charge < -0.3 is 45.7 Å². The van der Waals surface area contributed by atoms with E-state index in [1.165, 1.54) is 11.0 Å². The minimum atomic E-state index is -1.29. The Kier molecular flexibility index (Phi) is 15.2. The minimum absolute atomic E-state index is 0.0342. The fourth-order valence-electron chi connectivity index (χ4n) is 6.71. The number of carboxylic acid groups (broad SMARTS) is 1. The summed E-state index contributed by atoms with van der Waals surface area (Å²) in [6.07, 6.45) is 10.0. The summed E-state index contributed by atoms with van der Waals surface area (Å²) in [5, 5.41) is 23.1. The van der Waals surface area contributed by atoms with Crippen molar-refractivity contribution in [3.05, 3.63) is 88.7 Å². The first-order valence-electron chi connectivity index (χ1n) is 18.3. The number of carboxylic acids is 1. The van der Waals surface area contributed by atoms with E-state index in [9.17, 15) is 29.1 Å². The van der Waals surface area contributed by atoms with Gasteiger partial charge in [0.1, 0.15) is 17.6 Å². The van der Waals surface area contributed by atoms with Crippen molar-refractivity contribution < 1.29 is 38.7 Å². The first-order chi connectivity index (χ1) is 25.6. The number of hydrogen-bond acceptors (Lipinski definition) is 8. The third-order valence-electron chi connectivity index (χ3n) is 9.63. The lowest BCUT2D eigenvalue weighted by Crippen LogP contribution is -3.15. The van der Waals surface area contributed by atoms with Gasteiger partial charge >= 0.3 is 0 Å². The molecular formula is C40H52N6O7. The van der Waals surface area contributed by atoms with Gasteiger partial charge in [-0.15, -0.1) is 0 Å². The van der Waals surface area contributed by atoms with Gasteiger partial charge in [0, 0.05) is 120 Å². The van der Waals surface area contributed by atoms with Crippen LogP contribution in [0.5, 0.6) is 5.75 Å². The van der Waals surface area contributed by atoms with Crippen LogP contribution in [0.3, 0.4) is 0 Å². The number of amides is 4. The molecule has 0 spiro atoms. The number of nitrogens with one attached hydrogen (secondary N) is 5. The number of nitrogens with zero attached hydrogens (tertiary/aromatic N) is 1. The smallest absolute Gasteiger partial charge is 0.219 e. The molecule has 4 amide bonds. The first-order valence-corrected chi connectivity index (χ1v) is 18.3. The molecule has 2 aromatic carbocycles. The fourth-order valence-corrected chi connectivity index (χ4v) is 6.71. The molecule has 0 fully saturated rings. The molecule has 1 heterocycles. The molecule has 4 rings (SSSR count). The lowest BCUT2D eigenvalue weighted by molar-refractivity contribution is -0.912. The van der Waals surface area contributed by atoms with E-state index in [2.05, 4.69) is 32.2 Å². The van der Waals surface area contributed by atoms with Crippen LogP contribution in [0, 0.1) is 0 Å². The molecular weight excluding hydrogens is 676 g/mol. The molecule has 0 saturated heterocycles. The topological polar surface area (TPSA) is 173 Å². The fraction of sp³-hybridized carbons (Fsp3) is 0.425. The number of carbonyl (C=O) groups is 5. The van der Waals surface area contributed by atoms with Crippen molar-refractivity contribution in [1.82, 2.24) is 21.3 Å². The van der Waals surface area contributed by atoms with Crippen molar-refractivity contribution in [3.63, 3.8) is 0 Å². The van der Waals surface area contributed by atoms with Gasteiger partial charge in [-0.1, -0.05) is 24.3 Å². The summed E-state index contributed by atoms with van der Waals surface area (Å²) in [5.74, 6) is -0.348. The second kappa shape index (κ2) is 20.0. The summed E-state index contributed by atoms with van der Waals surface area (Å²) in [4.78, 5) is 63.8. The third kappa shape index (κ3) is 11.0. The van der Waals surface area contributed by atoms with E-state index >= 15 is 0 Å².